The molecule has 2 heterocycles. The van der Waals surface area contributed by atoms with E-state index >= 15 is 0 Å². The van der Waals surface area contributed by atoms with Gasteiger partial charge in [0.1, 0.15) is 12.2 Å². The molecule has 0 spiro atoms. The number of aromatic nitrogens is 1. The lowest BCUT2D eigenvalue weighted by Gasteiger charge is -2.47. The van der Waals surface area contributed by atoms with E-state index in [1.807, 2.05) is 0 Å². The minimum atomic E-state index is -1.01. The molecule has 2 rings (SSSR count). The second kappa shape index (κ2) is 4.97. The normalized spacial score (nSPS) is 16.8. The molecule has 1 fully saturated rings. The third-order valence-electron chi connectivity index (χ3n) is 3.12. The summed E-state index contributed by atoms with van der Waals surface area (Å²) in [5, 5.41) is 8.57. The van der Waals surface area contributed by atoms with Crippen molar-refractivity contribution in [2.45, 2.75) is 19.4 Å². The van der Waals surface area contributed by atoms with E-state index in [0.29, 0.717) is 24.3 Å². The van der Waals surface area contributed by atoms with Crippen LogP contribution in [0.15, 0.2) is 18.3 Å². The van der Waals surface area contributed by atoms with Crippen molar-refractivity contribution in [3.63, 3.8) is 0 Å². The van der Waals surface area contributed by atoms with Gasteiger partial charge in [-0.1, -0.05) is 0 Å². The van der Waals surface area contributed by atoms with Crippen molar-refractivity contribution in [2.24, 2.45) is 0 Å². The first-order chi connectivity index (χ1) is 8.91. The Morgan fingerprint density at radius 3 is 2.79 bits per heavy atom. The maximum absolute atomic E-state index is 12.2. The molecule has 1 aromatic rings. The molecule has 0 saturated carbocycles. The van der Waals surface area contributed by atoms with Gasteiger partial charge in [-0.2, -0.15) is 0 Å². The van der Waals surface area contributed by atoms with Crippen molar-refractivity contribution < 1.29 is 19.4 Å². The quantitative estimate of drug-likeness (QED) is 0.866. The number of amides is 1. The molecule has 6 nitrogen and oxygen atoms in total. The number of pyridine rings is 1. The van der Waals surface area contributed by atoms with Crippen LogP contribution in [0.2, 0.25) is 0 Å². The van der Waals surface area contributed by atoms with Crippen LogP contribution in [0.4, 0.5) is 0 Å². The summed E-state index contributed by atoms with van der Waals surface area (Å²) in [5.74, 6) is -1.10. The standard InChI is InChI=1S/C13H16N2O4/c1-9-10(4-3-5-14-9)12(18)15-7-13(2,8-15)19-6-11(16)17/h3-5H,6-8H2,1-2H3,(H,16,17). The Hall–Kier alpha value is -1.95. The second-order valence-corrected chi connectivity index (χ2v) is 4.93. The monoisotopic (exact) mass is 264 g/mol. The zero-order valence-corrected chi connectivity index (χ0v) is 10.9. The Kier molecular flexibility index (Phi) is 3.53. The smallest absolute Gasteiger partial charge is 0.329 e. The molecule has 1 aliphatic rings. The van der Waals surface area contributed by atoms with Gasteiger partial charge in [-0.15, -0.1) is 0 Å². The molecule has 0 aromatic carbocycles. The summed E-state index contributed by atoms with van der Waals surface area (Å²) in [6, 6.07) is 3.46. The van der Waals surface area contributed by atoms with Crippen molar-refractivity contribution in [1.29, 1.82) is 0 Å². The van der Waals surface area contributed by atoms with E-state index in [0.717, 1.165) is 0 Å². The largest absolute Gasteiger partial charge is 0.480 e. The number of likely N-dealkylation sites (tertiary alicyclic amines) is 1. The van der Waals surface area contributed by atoms with Crippen LogP contribution in [0.5, 0.6) is 0 Å². The van der Waals surface area contributed by atoms with Gasteiger partial charge < -0.3 is 14.7 Å². The average molecular weight is 264 g/mol. The number of hydrogen-bond donors (Lipinski definition) is 1. The number of aliphatic carboxylic acids is 1. The minimum absolute atomic E-state index is 0.0954. The Morgan fingerprint density at radius 1 is 1.53 bits per heavy atom. The molecule has 1 aromatic heterocycles. The molecule has 0 atom stereocenters. The van der Waals surface area contributed by atoms with Crippen molar-refractivity contribution in [3.05, 3.63) is 29.6 Å². The van der Waals surface area contributed by atoms with Gasteiger partial charge in [0.2, 0.25) is 0 Å². The van der Waals surface area contributed by atoms with Crippen LogP contribution in [-0.4, -0.2) is 52.2 Å². The minimum Gasteiger partial charge on any atom is -0.480 e. The Bertz CT molecular complexity index is 509. The highest BCUT2D eigenvalue weighted by Crippen LogP contribution is 2.26. The lowest BCUT2D eigenvalue weighted by atomic mass is 9.95. The van der Waals surface area contributed by atoms with Crippen LogP contribution in [0.25, 0.3) is 0 Å². The highest BCUT2D eigenvalue weighted by atomic mass is 16.5. The molecule has 0 radical (unpaired) electrons. The molecule has 1 amide bonds. The summed E-state index contributed by atoms with van der Waals surface area (Å²) in [5.41, 5.74) is 0.694. The van der Waals surface area contributed by atoms with Crippen LogP contribution in [0, 0.1) is 6.92 Å². The van der Waals surface area contributed by atoms with Crippen molar-refractivity contribution in [2.75, 3.05) is 19.7 Å². The molecule has 6 heteroatoms. The van der Waals surface area contributed by atoms with E-state index < -0.39 is 11.6 Å². The lowest BCUT2D eigenvalue weighted by molar-refractivity contribution is -0.159. The number of hydrogen-bond acceptors (Lipinski definition) is 4. The van der Waals surface area contributed by atoms with Crippen molar-refractivity contribution in [3.8, 4) is 0 Å². The van der Waals surface area contributed by atoms with E-state index in [2.05, 4.69) is 4.98 Å². The highest BCUT2D eigenvalue weighted by Gasteiger charge is 2.43. The summed E-state index contributed by atoms with van der Waals surface area (Å²) in [4.78, 5) is 28.4. The third-order valence-corrected chi connectivity index (χ3v) is 3.12. The Morgan fingerprint density at radius 2 is 2.21 bits per heavy atom. The zero-order chi connectivity index (χ0) is 14.0. The highest BCUT2D eigenvalue weighted by molar-refractivity contribution is 5.95. The SMILES string of the molecule is Cc1ncccc1C(=O)N1CC(C)(OCC(=O)O)C1. The van der Waals surface area contributed by atoms with Crippen LogP contribution in [0.1, 0.15) is 23.0 Å². The molecule has 19 heavy (non-hydrogen) atoms. The second-order valence-electron chi connectivity index (χ2n) is 4.93. The van der Waals surface area contributed by atoms with Crippen LogP contribution < -0.4 is 0 Å². The fourth-order valence-electron chi connectivity index (χ4n) is 2.11. The molecule has 1 saturated heterocycles. The first-order valence-electron chi connectivity index (χ1n) is 5.98. The number of carbonyl (C=O) groups is 2. The number of rotatable bonds is 4. The topological polar surface area (TPSA) is 79.7 Å². The first-order valence-corrected chi connectivity index (χ1v) is 5.98. The number of carbonyl (C=O) groups excluding carboxylic acids is 1. The number of carboxylic acid groups (broad SMARTS) is 1. The van der Waals surface area contributed by atoms with Gasteiger partial charge in [0.25, 0.3) is 5.91 Å². The lowest BCUT2D eigenvalue weighted by Crippen LogP contribution is -2.63. The third kappa shape index (κ3) is 2.90. The zero-order valence-electron chi connectivity index (χ0n) is 10.9. The number of nitrogens with zero attached hydrogens (tertiary/aromatic N) is 2. The van der Waals surface area contributed by atoms with E-state index in [4.69, 9.17) is 9.84 Å². The van der Waals surface area contributed by atoms with Crippen molar-refractivity contribution in [1.82, 2.24) is 9.88 Å². The van der Waals surface area contributed by atoms with Gasteiger partial charge >= 0.3 is 5.97 Å². The van der Waals surface area contributed by atoms with Gasteiger partial charge in [0, 0.05) is 11.9 Å². The predicted octanol–water partition coefficient (Wildman–Crippen LogP) is 0.706. The number of ether oxygens (including phenoxy) is 1. The van der Waals surface area contributed by atoms with Gasteiger partial charge in [-0.3, -0.25) is 9.78 Å². The summed E-state index contributed by atoms with van der Waals surface area (Å²) in [6.07, 6.45) is 1.64. The molecular weight excluding hydrogens is 248 g/mol. The molecule has 1 N–H and O–H groups in total. The first kappa shape index (κ1) is 13.5. The van der Waals surface area contributed by atoms with Crippen molar-refractivity contribution >= 4 is 11.9 Å². The molecular formula is C13H16N2O4. The van der Waals surface area contributed by atoms with Gasteiger partial charge in [0.15, 0.2) is 0 Å². The van der Waals surface area contributed by atoms with Crippen LogP contribution >= 0.6 is 0 Å². The summed E-state index contributed by atoms with van der Waals surface area (Å²) >= 11 is 0. The number of carboxylic acids is 1. The molecule has 0 unspecified atom stereocenters. The van der Waals surface area contributed by atoms with E-state index in [1.165, 1.54) is 0 Å². The maximum Gasteiger partial charge on any atom is 0.329 e. The number of aryl methyl sites for hydroxylation is 1. The average Bonchev–Trinajstić information content (AvgIpc) is 2.33. The maximum atomic E-state index is 12.2. The predicted molar refractivity (Wildman–Crippen MR) is 66.9 cm³/mol. The molecule has 102 valence electrons. The van der Waals surface area contributed by atoms with E-state index in [1.54, 1.807) is 37.1 Å². The van der Waals surface area contributed by atoms with Gasteiger partial charge in [-0.25, -0.2) is 4.79 Å². The molecule has 0 bridgehead atoms. The van der Waals surface area contributed by atoms with E-state index in [-0.39, 0.29) is 12.5 Å². The van der Waals surface area contributed by atoms with Crippen LogP contribution in [-0.2, 0) is 9.53 Å². The fourth-order valence-corrected chi connectivity index (χ4v) is 2.11. The summed E-state index contributed by atoms with van der Waals surface area (Å²) < 4.78 is 5.26. The molecule has 1 aliphatic heterocycles. The van der Waals surface area contributed by atoms with Gasteiger partial charge in [0.05, 0.1) is 18.7 Å². The van der Waals surface area contributed by atoms with Crippen LogP contribution in [0.3, 0.4) is 0 Å². The summed E-state index contributed by atoms with van der Waals surface area (Å²) in [7, 11) is 0. The molecule has 0 aliphatic carbocycles. The Labute approximate surface area is 111 Å². The summed E-state index contributed by atoms with van der Waals surface area (Å²) in [6.45, 7) is 4.04. The van der Waals surface area contributed by atoms with E-state index in [9.17, 15) is 9.59 Å². The van der Waals surface area contributed by atoms with Gasteiger partial charge in [-0.05, 0) is 26.0 Å². The Balaban J connectivity index is 1.95. The fraction of sp³-hybridized carbons (Fsp3) is 0.462.